The van der Waals surface area contributed by atoms with Crippen molar-refractivity contribution in [3.8, 4) is 11.3 Å². The number of fused-ring (bicyclic) bond motifs is 3. The molecule has 0 fully saturated rings. The lowest BCUT2D eigenvalue weighted by Crippen LogP contribution is -2.60. The second kappa shape index (κ2) is 7.63. The van der Waals surface area contributed by atoms with Gasteiger partial charge in [0.2, 0.25) is 11.1 Å². The first-order valence-electron chi connectivity index (χ1n) is 8.96. The summed E-state index contributed by atoms with van der Waals surface area (Å²) < 4.78 is 16.2. The molecule has 8 heteroatoms. The molecule has 1 aliphatic heterocycles. The molecule has 0 spiro atoms. The van der Waals surface area contributed by atoms with Gasteiger partial charge >= 0.3 is 11.3 Å². The Balaban J connectivity index is 2.06. The lowest BCUT2D eigenvalue weighted by atomic mass is 10.0. The molecule has 2 heterocycles. The number of H-pyrrole nitrogens is 1. The second-order valence-corrected chi connectivity index (χ2v) is 7.46. The van der Waals surface area contributed by atoms with E-state index in [1.54, 1.807) is 48.5 Å². The van der Waals surface area contributed by atoms with Gasteiger partial charge in [-0.05, 0) is 28.9 Å². The van der Waals surface area contributed by atoms with Gasteiger partial charge in [0.25, 0.3) is 6.17 Å². The van der Waals surface area contributed by atoms with Crippen molar-refractivity contribution in [1.29, 1.82) is 0 Å². The minimum Gasteiger partial charge on any atom is -0.291 e. The van der Waals surface area contributed by atoms with Gasteiger partial charge in [0.05, 0.1) is 16.8 Å². The van der Waals surface area contributed by atoms with E-state index in [2.05, 4.69) is 16.7 Å². The number of carbonyl (C=O) groups excluding carboxylic acids is 1. The first-order chi connectivity index (χ1) is 14.0. The number of nitrogens with one attached hydrogen (secondary N) is 1. The standard InChI is InChI=1S/C21H17FN4O2S/c1-3-12-29-21-23-19(28)18-15-9-5-7-11-17(15)25(13(2)27)20(26(18)24-21)14-8-4-6-10-16(14)22/h3-11,20H,1,12H2,2H3/p+1. The van der Waals surface area contributed by atoms with E-state index in [1.807, 2.05) is 0 Å². The van der Waals surface area contributed by atoms with Gasteiger partial charge in [0, 0.05) is 17.8 Å². The van der Waals surface area contributed by atoms with E-state index in [0.29, 0.717) is 22.2 Å². The van der Waals surface area contributed by atoms with Gasteiger partial charge in [0.1, 0.15) is 5.82 Å². The predicted molar refractivity (Wildman–Crippen MR) is 109 cm³/mol. The Morgan fingerprint density at radius 3 is 2.76 bits per heavy atom. The molecule has 0 aliphatic carbocycles. The van der Waals surface area contributed by atoms with Crippen molar-refractivity contribution < 1.29 is 13.9 Å². The summed E-state index contributed by atoms with van der Waals surface area (Å²) in [5, 5.41) is 4.92. The van der Waals surface area contributed by atoms with E-state index in [0.717, 1.165) is 0 Å². The van der Waals surface area contributed by atoms with E-state index < -0.39 is 12.0 Å². The molecule has 1 aliphatic rings. The highest BCUT2D eigenvalue weighted by Gasteiger charge is 2.45. The number of hydrogen-bond acceptors (Lipinski definition) is 4. The highest BCUT2D eigenvalue weighted by atomic mass is 32.2. The SMILES string of the molecule is C=CCSc1n[n+]2c(c(=O)[nH]1)-c1ccccc1N(C(C)=O)C2c1ccccc1F. The molecular formula is C21H18FN4O2S+. The number of thioether (sulfide) groups is 1. The number of amides is 1. The molecule has 0 saturated carbocycles. The highest BCUT2D eigenvalue weighted by molar-refractivity contribution is 7.99. The van der Waals surface area contributed by atoms with Gasteiger partial charge in [-0.2, -0.15) is 0 Å². The zero-order chi connectivity index (χ0) is 20.5. The van der Waals surface area contributed by atoms with Crippen LogP contribution in [-0.4, -0.2) is 21.7 Å². The van der Waals surface area contributed by atoms with Crippen molar-refractivity contribution in [3.05, 3.63) is 82.9 Å². The fourth-order valence-corrected chi connectivity index (χ4v) is 4.07. The summed E-state index contributed by atoms with van der Waals surface area (Å²) in [5.41, 5.74) is 1.26. The van der Waals surface area contributed by atoms with E-state index in [4.69, 9.17) is 0 Å². The molecule has 0 radical (unpaired) electrons. The smallest absolute Gasteiger partial charge is 0.291 e. The largest absolute Gasteiger partial charge is 0.325 e. The summed E-state index contributed by atoms with van der Waals surface area (Å²) in [4.78, 5) is 29.9. The summed E-state index contributed by atoms with van der Waals surface area (Å²) in [6.45, 7) is 5.09. The second-order valence-electron chi connectivity index (χ2n) is 6.45. The van der Waals surface area contributed by atoms with Crippen molar-refractivity contribution in [2.75, 3.05) is 10.7 Å². The summed E-state index contributed by atoms with van der Waals surface area (Å²) >= 11 is 1.30. The maximum atomic E-state index is 14.8. The molecule has 1 N–H and O–H groups in total. The van der Waals surface area contributed by atoms with Crippen LogP contribution in [0.4, 0.5) is 10.1 Å². The fourth-order valence-electron chi connectivity index (χ4n) is 3.48. The molecule has 1 unspecified atom stereocenters. The molecule has 6 nitrogen and oxygen atoms in total. The van der Waals surface area contributed by atoms with Gasteiger partial charge in [-0.15, -0.1) is 6.58 Å². The van der Waals surface area contributed by atoms with Crippen LogP contribution in [0.2, 0.25) is 0 Å². The summed E-state index contributed by atoms with van der Waals surface area (Å²) in [5.74, 6) is -0.227. The Morgan fingerprint density at radius 2 is 2.03 bits per heavy atom. The van der Waals surface area contributed by atoms with Crippen LogP contribution < -0.4 is 15.1 Å². The quantitative estimate of drug-likeness (QED) is 0.409. The predicted octanol–water partition coefficient (Wildman–Crippen LogP) is 3.06. The molecule has 3 aromatic rings. The van der Waals surface area contributed by atoms with Crippen LogP contribution >= 0.6 is 11.8 Å². The molecule has 2 aromatic carbocycles. The number of anilines is 1. The molecule has 4 rings (SSSR count). The van der Waals surface area contributed by atoms with Gasteiger partial charge < -0.3 is 0 Å². The van der Waals surface area contributed by atoms with Crippen LogP contribution in [0.5, 0.6) is 0 Å². The van der Waals surface area contributed by atoms with Crippen molar-refractivity contribution in [2.45, 2.75) is 18.2 Å². The Hall–Kier alpha value is -3.26. The normalized spacial score (nSPS) is 14.8. The Labute approximate surface area is 170 Å². The van der Waals surface area contributed by atoms with Gasteiger partial charge in [-0.3, -0.25) is 14.6 Å². The molecule has 29 heavy (non-hydrogen) atoms. The van der Waals surface area contributed by atoms with Crippen LogP contribution in [0.15, 0.2) is 71.1 Å². The van der Waals surface area contributed by atoms with Crippen LogP contribution in [0.1, 0.15) is 18.7 Å². The topological polar surface area (TPSA) is 69.9 Å². The first kappa shape index (κ1) is 19.1. The average Bonchev–Trinajstić information content (AvgIpc) is 2.71. The fraction of sp³-hybridized carbons (Fsp3) is 0.143. The monoisotopic (exact) mass is 409 g/mol. The number of rotatable bonds is 4. The number of nitrogens with zero attached hydrogens (tertiary/aromatic N) is 3. The van der Waals surface area contributed by atoms with Crippen molar-refractivity contribution in [3.63, 3.8) is 0 Å². The molecular weight excluding hydrogens is 391 g/mol. The zero-order valence-corrected chi connectivity index (χ0v) is 16.4. The lowest BCUT2D eigenvalue weighted by molar-refractivity contribution is -0.763. The maximum absolute atomic E-state index is 14.8. The number of benzene rings is 2. The van der Waals surface area contributed by atoms with Crippen LogP contribution in [0, 0.1) is 5.82 Å². The van der Waals surface area contributed by atoms with E-state index in [9.17, 15) is 14.0 Å². The van der Waals surface area contributed by atoms with Crippen LogP contribution in [0.3, 0.4) is 0 Å². The minimum absolute atomic E-state index is 0.251. The van der Waals surface area contributed by atoms with Crippen molar-refractivity contribution >= 4 is 23.4 Å². The first-order valence-corrected chi connectivity index (χ1v) is 9.95. The molecule has 0 saturated heterocycles. The van der Waals surface area contributed by atoms with E-state index >= 15 is 0 Å². The van der Waals surface area contributed by atoms with Crippen molar-refractivity contribution in [2.24, 2.45) is 0 Å². The van der Waals surface area contributed by atoms with Crippen molar-refractivity contribution in [1.82, 2.24) is 10.1 Å². The third-order valence-electron chi connectivity index (χ3n) is 4.62. The van der Waals surface area contributed by atoms with E-state index in [-0.39, 0.29) is 22.7 Å². The number of aromatic amines is 1. The zero-order valence-electron chi connectivity index (χ0n) is 15.6. The van der Waals surface area contributed by atoms with Gasteiger partial charge in [-0.1, -0.05) is 42.1 Å². The number of para-hydroxylation sites is 1. The third kappa shape index (κ3) is 3.25. The van der Waals surface area contributed by atoms with Gasteiger partial charge in [-0.25, -0.2) is 9.29 Å². The van der Waals surface area contributed by atoms with Gasteiger partial charge in [0.15, 0.2) is 0 Å². The highest BCUT2D eigenvalue weighted by Crippen LogP contribution is 2.37. The van der Waals surface area contributed by atoms with E-state index in [1.165, 1.54) is 34.3 Å². The number of halogens is 1. The molecule has 146 valence electrons. The summed E-state index contributed by atoms with van der Waals surface area (Å²) in [6, 6.07) is 13.3. The van der Waals surface area contributed by atoms with Crippen LogP contribution in [0.25, 0.3) is 11.3 Å². The molecule has 1 aromatic heterocycles. The minimum atomic E-state index is -0.927. The number of aromatic nitrogens is 3. The maximum Gasteiger partial charge on any atom is 0.325 e. The molecule has 0 bridgehead atoms. The summed E-state index contributed by atoms with van der Waals surface area (Å²) in [6.07, 6.45) is 0.768. The Bertz CT molecular complexity index is 1180. The Morgan fingerprint density at radius 1 is 1.31 bits per heavy atom. The lowest BCUT2D eigenvalue weighted by Gasteiger charge is -2.31. The number of hydrogen-bond donors (Lipinski definition) is 1. The third-order valence-corrected chi connectivity index (χ3v) is 5.48. The molecule has 1 amide bonds. The average molecular weight is 409 g/mol. The number of carbonyl (C=O) groups is 1. The molecule has 1 atom stereocenters. The van der Waals surface area contributed by atoms with Crippen LogP contribution in [-0.2, 0) is 4.79 Å². The Kier molecular flexibility index (Phi) is 5.02. The summed E-state index contributed by atoms with van der Waals surface area (Å²) in [7, 11) is 0.